The molecule has 144 valence electrons. The molecule has 0 spiro atoms. The SMILES string of the molecule is CCCCS(=O)(=O)N1C[C@@H]2CC[C@@H]1[C@H](C(=O)Nc1cc(C3CC3)[nH]n1)C2. The Hall–Kier alpha value is -1.41. The topological polar surface area (TPSA) is 95.2 Å². The van der Waals surface area contributed by atoms with E-state index in [9.17, 15) is 13.2 Å². The molecule has 2 aliphatic carbocycles. The van der Waals surface area contributed by atoms with E-state index in [4.69, 9.17) is 0 Å². The number of unbranched alkanes of at least 4 members (excludes halogenated alkanes) is 1. The van der Waals surface area contributed by atoms with Crippen LogP contribution in [0, 0.1) is 11.8 Å². The Bertz CT molecular complexity index is 771. The van der Waals surface area contributed by atoms with Gasteiger partial charge in [-0.3, -0.25) is 9.89 Å². The highest BCUT2D eigenvalue weighted by molar-refractivity contribution is 7.89. The van der Waals surface area contributed by atoms with E-state index in [-0.39, 0.29) is 29.5 Å². The van der Waals surface area contributed by atoms with Crippen LogP contribution in [-0.4, -0.2) is 47.2 Å². The molecule has 0 unspecified atom stereocenters. The number of H-pyrrole nitrogens is 1. The molecule has 2 saturated heterocycles. The normalized spacial score (nSPS) is 29.0. The summed E-state index contributed by atoms with van der Waals surface area (Å²) < 4.78 is 27.1. The van der Waals surface area contributed by atoms with Crippen molar-refractivity contribution in [1.29, 1.82) is 0 Å². The second kappa shape index (κ2) is 6.96. The fraction of sp³-hybridized carbons (Fsp3) is 0.778. The second-order valence-corrected chi connectivity index (χ2v) is 10.1. The summed E-state index contributed by atoms with van der Waals surface area (Å²) in [6, 6.07) is 1.70. The molecule has 0 aromatic carbocycles. The third-order valence-corrected chi connectivity index (χ3v) is 7.99. The lowest BCUT2D eigenvalue weighted by molar-refractivity contribution is -0.125. The number of fused-ring (bicyclic) bond motifs is 3. The van der Waals surface area contributed by atoms with Gasteiger partial charge in [0.2, 0.25) is 15.9 Å². The first-order valence-corrected chi connectivity index (χ1v) is 11.4. The zero-order valence-corrected chi connectivity index (χ0v) is 16.1. The fourth-order valence-corrected chi connectivity index (χ4v) is 6.40. The van der Waals surface area contributed by atoms with Crippen molar-refractivity contribution < 1.29 is 13.2 Å². The van der Waals surface area contributed by atoms with E-state index < -0.39 is 10.0 Å². The number of rotatable bonds is 7. The minimum Gasteiger partial charge on any atom is -0.309 e. The molecule has 4 fully saturated rings. The Kier molecular flexibility index (Phi) is 4.81. The van der Waals surface area contributed by atoms with Crippen molar-refractivity contribution in [3.63, 3.8) is 0 Å². The minimum atomic E-state index is -3.28. The third-order valence-electron chi connectivity index (χ3n) is 6.05. The molecule has 5 rings (SSSR count). The predicted molar refractivity (Wildman–Crippen MR) is 99.2 cm³/mol. The Morgan fingerprint density at radius 3 is 2.85 bits per heavy atom. The zero-order valence-electron chi connectivity index (χ0n) is 15.3. The van der Waals surface area contributed by atoms with Crippen molar-refractivity contribution in [1.82, 2.24) is 14.5 Å². The third kappa shape index (κ3) is 3.53. The highest BCUT2D eigenvalue weighted by atomic mass is 32.2. The number of sulfonamides is 1. The molecular weight excluding hydrogens is 352 g/mol. The van der Waals surface area contributed by atoms with E-state index in [1.54, 1.807) is 4.31 Å². The Balaban J connectivity index is 1.46. The number of carbonyl (C=O) groups is 1. The first-order valence-electron chi connectivity index (χ1n) is 9.83. The van der Waals surface area contributed by atoms with Crippen LogP contribution in [0.1, 0.15) is 63.5 Å². The molecule has 26 heavy (non-hydrogen) atoms. The molecule has 2 saturated carbocycles. The molecule has 2 aliphatic heterocycles. The molecule has 2 bridgehead atoms. The molecule has 2 N–H and O–H groups in total. The Labute approximate surface area is 155 Å². The maximum absolute atomic E-state index is 12.9. The van der Waals surface area contributed by atoms with Gasteiger partial charge in [0.25, 0.3) is 0 Å². The number of piperidine rings is 2. The van der Waals surface area contributed by atoms with Crippen molar-refractivity contribution in [3.8, 4) is 0 Å². The summed E-state index contributed by atoms with van der Waals surface area (Å²) in [5.74, 6) is 1.21. The molecule has 8 heteroatoms. The van der Waals surface area contributed by atoms with Gasteiger partial charge < -0.3 is 5.32 Å². The number of carbonyl (C=O) groups excluding carboxylic acids is 1. The van der Waals surface area contributed by atoms with Gasteiger partial charge in [0, 0.05) is 30.3 Å². The molecule has 4 aliphatic rings. The van der Waals surface area contributed by atoms with Crippen LogP contribution < -0.4 is 5.32 Å². The quantitative estimate of drug-likeness (QED) is 0.759. The maximum atomic E-state index is 12.9. The summed E-state index contributed by atoms with van der Waals surface area (Å²) in [7, 11) is -3.28. The fourth-order valence-electron chi connectivity index (χ4n) is 4.41. The van der Waals surface area contributed by atoms with Gasteiger partial charge in [-0.15, -0.1) is 0 Å². The Morgan fingerprint density at radius 2 is 2.15 bits per heavy atom. The molecular formula is C18H28N4O3S. The molecule has 3 atom stereocenters. The molecule has 3 heterocycles. The lowest BCUT2D eigenvalue weighted by Crippen LogP contribution is -2.58. The number of aromatic nitrogens is 2. The van der Waals surface area contributed by atoms with E-state index in [0.29, 0.717) is 24.7 Å². The average Bonchev–Trinajstić information content (AvgIpc) is 3.40. The van der Waals surface area contributed by atoms with Gasteiger partial charge >= 0.3 is 0 Å². The van der Waals surface area contributed by atoms with E-state index in [0.717, 1.165) is 31.4 Å². The minimum absolute atomic E-state index is 0.0936. The number of hydrogen-bond acceptors (Lipinski definition) is 4. The number of nitrogens with one attached hydrogen (secondary N) is 2. The van der Waals surface area contributed by atoms with E-state index in [1.807, 2.05) is 13.0 Å². The van der Waals surface area contributed by atoms with Gasteiger partial charge in [0.1, 0.15) is 0 Å². The van der Waals surface area contributed by atoms with Crippen LogP contribution in [0.25, 0.3) is 0 Å². The largest absolute Gasteiger partial charge is 0.309 e. The lowest BCUT2D eigenvalue weighted by atomic mass is 9.73. The first-order chi connectivity index (χ1) is 12.5. The van der Waals surface area contributed by atoms with Gasteiger partial charge in [0.15, 0.2) is 5.82 Å². The van der Waals surface area contributed by atoms with Crippen molar-refractivity contribution in [2.75, 3.05) is 17.6 Å². The molecule has 7 nitrogen and oxygen atoms in total. The van der Waals surface area contributed by atoms with Crippen LogP contribution >= 0.6 is 0 Å². The molecule has 1 amide bonds. The summed E-state index contributed by atoms with van der Waals surface area (Å²) in [6.45, 7) is 2.57. The number of aromatic amines is 1. The standard InChI is InChI=1S/C18H28N4O3S/c1-2-3-8-26(24,25)22-11-12-4-7-16(22)14(9-12)18(23)19-17-10-15(20-21-17)13-5-6-13/h10,12-14,16H,2-9,11H2,1H3,(H2,19,20,21,23)/t12-,14-,16-/m1/s1. The highest BCUT2D eigenvalue weighted by Gasteiger charge is 2.48. The van der Waals surface area contributed by atoms with Crippen molar-refractivity contribution in [2.24, 2.45) is 11.8 Å². The van der Waals surface area contributed by atoms with Gasteiger partial charge in [-0.25, -0.2) is 8.42 Å². The van der Waals surface area contributed by atoms with Crippen molar-refractivity contribution >= 4 is 21.7 Å². The van der Waals surface area contributed by atoms with Crippen LogP contribution in [0.3, 0.4) is 0 Å². The zero-order chi connectivity index (χ0) is 18.3. The summed E-state index contributed by atoms with van der Waals surface area (Å²) in [6.07, 6.45) is 6.44. The van der Waals surface area contributed by atoms with Gasteiger partial charge in [-0.2, -0.15) is 9.40 Å². The van der Waals surface area contributed by atoms with Crippen LogP contribution in [0.5, 0.6) is 0 Å². The molecule has 0 radical (unpaired) electrons. The lowest BCUT2D eigenvalue weighted by Gasteiger charge is -2.48. The number of anilines is 1. The van der Waals surface area contributed by atoms with Crippen molar-refractivity contribution in [3.05, 3.63) is 11.8 Å². The number of hydrogen-bond donors (Lipinski definition) is 2. The van der Waals surface area contributed by atoms with Crippen LogP contribution in [-0.2, 0) is 14.8 Å². The smallest absolute Gasteiger partial charge is 0.230 e. The second-order valence-electron chi connectivity index (χ2n) is 8.06. The number of nitrogens with zero attached hydrogens (tertiary/aromatic N) is 2. The van der Waals surface area contributed by atoms with Gasteiger partial charge in [-0.1, -0.05) is 13.3 Å². The maximum Gasteiger partial charge on any atom is 0.230 e. The van der Waals surface area contributed by atoms with E-state index in [1.165, 1.54) is 12.8 Å². The van der Waals surface area contributed by atoms with Crippen LogP contribution in [0.2, 0.25) is 0 Å². The highest BCUT2D eigenvalue weighted by Crippen LogP contribution is 2.42. The van der Waals surface area contributed by atoms with Crippen molar-refractivity contribution in [2.45, 2.75) is 63.8 Å². The molecule has 1 aromatic rings. The Morgan fingerprint density at radius 1 is 1.35 bits per heavy atom. The number of amides is 1. The molecule has 1 aromatic heterocycles. The first kappa shape index (κ1) is 18.0. The summed E-state index contributed by atoms with van der Waals surface area (Å²) in [4.78, 5) is 12.9. The predicted octanol–water partition coefficient (Wildman–Crippen LogP) is 2.46. The summed E-state index contributed by atoms with van der Waals surface area (Å²) >= 11 is 0. The van der Waals surface area contributed by atoms with E-state index in [2.05, 4.69) is 15.5 Å². The average molecular weight is 381 g/mol. The van der Waals surface area contributed by atoms with Crippen LogP contribution in [0.4, 0.5) is 5.82 Å². The summed E-state index contributed by atoms with van der Waals surface area (Å²) in [5, 5.41) is 10.1. The van der Waals surface area contributed by atoms with Crippen LogP contribution in [0.15, 0.2) is 6.07 Å². The monoisotopic (exact) mass is 380 g/mol. The summed E-state index contributed by atoms with van der Waals surface area (Å²) in [5.41, 5.74) is 1.08. The van der Waals surface area contributed by atoms with Gasteiger partial charge in [-0.05, 0) is 44.4 Å². The van der Waals surface area contributed by atoms with Gasteiger partial charge in [0.05, 0.1) is 11.7 Å². The van der Waals surface area contributed by atoms with E-state index >= 15 is 0 Å².